The van der Waals surface area contributed by atoms with Gasteiger partial charge < -0.3 is 20.7 Å². The highest BCUT2D eigenvalue weighted by atomic mass is 35.5. The standard InChI is InChI=1S/C21H20ClN3O4/c22-16-7-3-1-6-15(16)20(28)25-18(21(29)23-10-9-19(26)27)11-13-12-24-17-8-4-2-5-14(13)17/h1-8,12,18,24H,9-11H2,(H,23,29)(H,25,28)(H,26,27)/t18-/m0/s1. The fraction of sp³-hybridized carbons (Fsp3) is 0.190. The summed E-state index contributed by atoms with van der Waals surface area (Å²) in [6, 6.07) is 13.3. The number of hydrogen-bond donors (Lipinski definition) is 4. The molecule has 0 saturated carbocycles. The van der Waals surface area contributed by atoms with E-state index in [1.165, 1.54) is 0 Å². The van der Waals surface area contributed by atoms with Crippen molar-refractivity contribution < 1.29 is 19.5 Å². The first-order valence-electron chi connectivity index (χ1n) is 9.05. The summed E-state index contributed by atoms with van der Waals surface area (Å²) in [5.74, 6) is -1.95. The van der Waals surface area contributed by atoms with E-state index in [0.29, 0.717) is 0 Å². The quantitative estimate of drug-likeness (QED) is 0.455. The van der Waals surface area contributed by atoms with Gasteiger partial charge in [-0.3, -0.25) is 14.4 Å². The Morgan fingerprint density at radius 3 is 2.55 bits per heavy atom. The first-order chi connectivity index (χ1) is 14.0. The van der Waals surface area contributed by atoms with Crippen LogP contribution in [0.2, 0.25) is 5.02 Å². The molecule has 3 aromatic rings. The monoisotopic (exact) mass is 413 g/mol. The molecule has 150 valence electrons. The van der Waals surface area contributed by atoms with Crippen LogP contribution in [0.3, 0.4) is 0 Å². The summed E-state index contributed by atoms with van der Waals surface area (Å²) < 4.78 is 0. The van der Waals surface area contributed by atoms with Gasteiger partial charge in [-0.05, 0) is 23.8 Å². The number of para-hydroxylation sites is 1. The number of hydrogen-bond acceptors (Lipinski definition) is 3. The second-order valence-electron chi connectivity index (χ2n) is 6.50. The fourth-order valence-corrected chi connectivity index (χ4v) is 3.25. The number of benzene rings is 2. The molecule has 3 rings (SSSR count). The number of rotatable bonds is 8. The predicted molar refractivity (Wildman–Crippen MR) is 110 cm³/mol. The molecule has 4 N–H and O–H groups in total. The van der Waals surface area contributed by atoms with Gasteiger partial charge in [0.15, 0.2) is 0 Å². The molecule has 1 atom stereocenters. The Morgan fingerprint density at radius 2 is 1.79 bits per heavy atom. The second-order valence-corrected chi connectivity index (χ2v) is 6.91. The third-order valence-corrected chi connectivity index (χ3v) is 4.81. The van der Waals surface area contributed by atoms with Crippen LogP contribution >= 0.6 is 11.6 Å². The van der Waals surface area contributed by atoms with Crippen LogP contribution in [0, 0.1) is 0 Å². The van der Waals surface area contributed by atoms with E-state index in [2.05, 4.69) is 15.6 Å². The zero-order chi connectivity index (χ0) is 20.8. The molecular formula is C21H20ClN3O4. The van der Waals surface area contributed by atoms with Crippen molar-refractivity contribution in [3.63, 3.8) is 0 Å². The van der Waals surface area contributed by atoms with Crippen LogP contribution in [0.25, 0.3) is 10.9 Å². The minimum absolute atomic E-state index is 0.0273. The largest absolute Gasteiger partial charge is 0.481 e. The molecule has 1 aromatic heterocycles. The minimum atomic E-state index is -1.02. The molecule has 8 heteroatoms. The lowest BCUT2D eigenvalue weighted by atomic mass is 10.0. The molecule has 0 aliphatic heterocycles. The van der Waals surface area contributed by atoms with Crippen molar-refractivity contribution in [1.82, 2.24) is 15.6 Å². The van der Waals surface area contributed by atoms with Gasteiger partial charge in [-0.15, -0.1) is 0 Å². The molecular weight excluding hydrogens is 394 g/mol. The highest BCUT2D eigenvalue weighted by Crippen LogP contribution is 2.20. The third-order valence-electron chi connectivity index (χ3n) is 4.48. The summed E-state index contributed by atoms with van der Waals surface area (Å²) in [4.78, 5) is 39.2. The molecule has 2 aromatic carbocycles. The van der Waals surface area contributed by atoms with Gasteiger partial charge in [-0.1, -0.05) is 41.9 Å². The molecule has 0 fully saturated rings. The molecule has 0 saturated heterocycles. The SMILES string of the molecule is O=C(O)CCNC(=O)[C@H](Cc1c[nH]c2ccccc12)NC(=O)c1ccccc1Cl. The molecule has 0 radical (unpaired) electrons. The van der Waals surface area contributed by atoms with Crippen LogP contribution < -0.4 is 10.6 Å². The van der Waals surface area contributed by atoms with Crippen molar-refractivity contribution in [3.8, 4) is 0 Å². The van der Waals surface area contributed by atoms with Crippen LogP contribution in [-0.2, 0) is 16.0 Å². The Kier molecular flexibility index (Phi) is 6.51. The summed E-state index contributed by atoms with van der Waals surface area (Å²) in [6.07, 6.45) is 1.83. The van der Waals surface area contributed by atoms with Crippen molar-refractivity contribution in [2.75, 3.05) is 6.54 Å². The van der Waals surface area contributed by atoms with E-state index in [-0.39, 0.29) is 30.0 Å². The first kappa shape index (κ1) is 20.4. The normalized spacial score (nSPS) is 11.8. The van der Waals surface area contributed by atoms with Crippen molar-refractivity contribution >= 4 is 40.3 Å². The van der Waals surface area contributed by atoms with Gasteiger partial charge in [0, 0.05) is 30.1 Å². The van der Waals surface area contributed by atoms with Gasteiger partial charge in [0.1, 0.15) is 6.04 Å². The van der Waals surface area contributed by atoms with Crippen molar-refractivity contribution in [3.05, 3.63) is 70.9 Å². The second kappa shape index (κ2) is 9.25. The van der Waals surface area contributed by atoms with E-state index < -0.39 is 23.8 Å². The first-order valence-corrected chi connectivity index (χ1v) is 9.43. The van der Waals surface area contributed by atoms with E-state index in [4.69, 9.17) is 16.7 Å². The van der Waals surface area contributed by atoms with Crippen molar-refractivity contribution in [2.45, 2.75) is 18.9 Å². The molecule has 2 amide bonds. The van der Waals surface area contributed by atoms with Gasteiger partial charge in [0.2, 0.25) is 5.91 Å². The molecule has 0 spiro atoms. The van der Waals surface area contributed by atoms with Crippen molar-refractivity contribution in [2.24, 2.45) is 0 Å². The number of amides is 2. The maximum Gasteiger partial charge on any atom is 0.305 e. The number of nitrogens with one attached hydrogen (secondary N) is 3. The Bertz CT molecular complexity index is 1050. The average Bonchev–Trinajstić information content (AvgIpc) is 3.10. The highest BCUT2D eigenvalue weighted by Gasteiger charge is 2.24. The number of carbonyl (C=O) groups is 3. The Morgan fingerprint density at radius 1 is 1.07 bits per heavy atom. The lowest BCUT2D eigenvalue weighted by Gasteiger charge is -2.18. The topological polar surface area (TPSA) is 111 Å². The molecule has 0 unspecified atom stereocenters. The highest BCUT2D eigenvalue weighted by molar-refractivity contribution is 6.33. The van der Waals surface area contributed by atoms with Crippen LogP contribution in [-0.4, -0.2) is 40.5 Å². The number of fused-ring (bicyclic) bond motifs is 1. The Labute approximate surface area is 172 Å². The van der Waals surface area contributed by atoms with Gasteiger partial charge in [0.05, 0.1) is 17.0 Å². The third kappa shape index (κ3) is 5.14. The van der Waals surface area contributed by atoms with E-state index >= 15 is 0 Å². The predicted octanol–water partition coefficient (Wildman–Crippen LogP) is 2.75. The van der Waals surface area contributed by atoms with E-state index in [9.17, 15) is 14.4 Å². The fourth-order valence-electron chi connectivity index (χ4n) is 3.03. The summed E-state index contributed by atoms with van der Waals surface area (Å²) >= 11 is 6.09. The van der Waals surface area contributed by atoms with E-state index in [0.717, 1.165) is 16.5 Å². The molecule has 7 nitrogen and oxygen atoms in total. The molecule has 1 heterocycles. The lowest BCUT2D eigenvalue weighted by Crippen LogP contribution is -2.48. The number of aromatic nitrogens is 1. The van der Waals surface area contributed by atoms with Crippen LogP contribution in [0.1, 0.15) is 22.3 Å². The number of carbonyl (C=O) groups excluding carboxylic acids is 2. The average molecular weight is 414 g/mol. The van der Waals surface area contributed by atoms with Crippen LogP contribution in [0.15, 0.2) is 54.7 Å². The van der Waals surface area contributed by atoms with Gasteiger partial charge in [0.25, 0.3) is 5.91 Å². The summed E-state index contributed by atoms with van der Waals surface area (Å²) in [5, 5.41) is 15.3. The lowest BCUT2D eigenvalue weighted by molar-refractivity contribution is -0.137. The van der Waals surface area contributed by atoms with E-state index in [1.54, 1.807) is 30.5 Å². The summed E-state index contributed by atoms with van der Waals surface area (Å²) in [6.45, 7) is -0.0273. The van der Waals surface area contributed by atoms with Crippen molar-refractivity contribution in [1.29, 1.82) is 0 Å². The number of halogens is 1. The van der Waals surface area contributed by atoms with E-state index in [1.807, 2.05) is 24.3 Å². The minimum Gasteiger partial charge on any atom is -0.481 e. The smallest absolute Gasteiger partial charge is 0.305 e. The molecule has 0 bridgehead atoms. The van der Waals surface area contributed by atoms with Gasteiger partial charge in [-0.2, -0.15) is 0 Å². The molecule has 0 aliphatic carbocycles. The van der Waals surface area contributed by atoms with Gasteiger partial charge >= 0.3 is 5.97 Å². The number of carboxylic acid groups (broad SMARTS) is 1. The zero-order valence-corrected chi connectivity index (χ0v) is 16.2. The Balaban J connectivity index is 1.81. The maximum absolute atomic E-state index is 12.7. The summed E-state index contributed by atoms with van der Waals surface area (Å²) in [7, 11) is 0. The van der Waals surface area contributed by atoms with Gasteiger partial charge in [-0.25, -0.2) is 0 Å². The number of carboxylic acids is 1. The number of H-pyrrole nitrogens is 1. The number of aliphatic carboxylic acids is 1. The Hall–Kier alpha value is -3.32. The number of aromatic amines is 1. The zero-order valence-electron chi connectivity index (χ0n) is 15.4. The van der Waals surface area contributed by atoms with Crippen LogP contribution in [0.5, 0.6) is 0 Å². The summed E-state index contributed by atoms with van der Waals surface area (Å²) in [5.41, 5.74) is 2.04. The molecule has 29 heavy (non-hydrogen) atoms. The van der Waals surface area contributed by atoms with Crippen LogP contribution in [0.4, 0.5) is 0 Å². The maximum atomic E-state index is 12.7. The molecule has 0 aliphatic rings.